The van der Waals surface area contributed by atoms with Crippen molar-refractivity contribution in [1.82, 2.24) is 4.98 Å². The number of rotatable bonds is 4. The third kappa shape index (κ3) is 3.24. The fourth-order valence-corrected chi connectivity index (χ4v) is 1.77. The number of nitrogens with zero attached hydrogens (tertiary/aromatic N) is 1. The molecule has 2 rings (SSSR count). The number of nitrogens with one attached hydrogen (secondary N) is 1. The molecule has 1 N–H and O–H groups in total. The molecule has 0 aliphatic carbocycles. The number of anilines is 1. The van der Waals surface area contributed by atoms with Crippen LogP contribution in [0.15, 0.2) is 36.5 Å². The zero-order chi connectivity index (χ0) is 13.8. The van der Waals surface area contributed by atoms with Crippen molar-refractivity contribution in [3.05, 3.63) is 59.7 Å². The smallest absolute Gasteiger partial charge is 0.146 e. The van der Waals surface area contributed by atoms with Crippen molar-refractivity contribution in [3.8, 4) is 0 Å². The van der Waals surface area contributed by atoms with Crippen molar-refractivity contribution in [3.63, 3.8) is 0 Å². The van der Waals surface area contributed by atoms with Crippen LogP contribution in [0.3, 0.4) is 0 Å². The number of hydrogen-bond acceptors (Lipinski definition) is 2. The molecule has 0 fully saturated rings. The summed E-state index contributed by atoms with van der Waals surface area (Å²) in [6.07, 6.45) is 1.70. The molecule has 1 aromatic heterocycles. The Labute approximate surface area is 109 Å². The summed E-state index contributed by atoms with van der Waals surface area (Å²) in [5, 5.41) is 2.87. The molecule has 1 unspecified atom stereocenters. The van der Waals surface area contributed by atoms with E-state index in [1.807, 2.05) is 6.92 Å². The molecule has 1 aromatic carbocycles. The average molecular weight is 266 g/mol. The van der Waals surface area contributed by atoms with Crippen LogP contribution < -0.4 is 5.32 Å². The highest BCUT2D eigenvalue weighted by atomic mass is 19.1. The molecule has 19 heavy (non-hydrogen) atoms. The van der Waals surface area contributed by atoms with Crippen molar-refractivity contribution in [1.29, 1.82) is 0 Å². The van der Waals surface area contributed by atoms with Crippen LogP contribution in [0, 0.1) is 17.5 Å². The van der Waals surface area contributed by atoms with E-state index in [1.165, 1.54) is 12.1 Å². The lowest BCUT2D eigenvalue weighted by atomic mass is 10.1. The van der Waals surface area contributed by atoms with Gasteiger partial charge in [-0.05, 0) is 36.8 Å². The summed E-state index contributed by atoms with van der Waals surface area (Å²) >= 11 is 0. The molecular formula is C14H13F3N2. The Morgan fingerprint density at radius 2 is 1.84 bits per heavy atom. The Balaban J connectivity index is 2.23. The first-order valence-corrected chi connectivity index (χ1v) is 5.93. The normalized spacial score (nSPS) is 12.2. The van der Waals surface area contributed by atoms with Gasteiger partial charge >= 0.3 is 0 Å². The van der Waals surface area contributed by atoms with E-state index in [0.717, 1.165) is 24.4 Å². The minimum Gasteiger partial charge on any atom is -0.374 e. The van der Waals surface area contributed by atoms with Crippen LogP contribution in [0.1, 0.15) is 25.1 Å². The van der Waals surface area contributed by atoms with Gasteiger partial charge in [0, 0.05) is 0 Å². The van der Waals surface area contributed by atoms with Crippen molar-refractivity contribution >= 4 is 5.69 Å². The van der Waals surface area contributed by atoms with Gasteiger partial charge in [0.25, 0.3) is 0 Å². The van der Waals surface area contributed by atoms with Crippen LogP contribution in [-0.2, 0) is 0 Å². The summed E-state index contributed by atoms with van der Waals surface area (Å²) in [6.45, 7) is 1.87. The van der Waals surface area contributed by atoms with Gasteiger partial charge < -0.3 is 5.32 Å². The second kappa shape index (κ2) is 5.73. The fraction of sp³-hybridized carbons (Fsp3) is 0.214. The van der Waals surface area contributed by atoms with Crippen LogP contribution >= 0.6 is 0 Å². The van der Waals surface area contributed by atoms with E-state index >= 15 is 0 Å². The molecule has 0 saturated carbocycles. The monoisotopic (exact) mass is 266 g/mol. The first-order chi connectivity index (χ1) is 9.10. The third-order valence-corrected chi connectivity index (χ3v) is 2.77. The molecule has 0 bridgehead atoms. The third-order valence-electron chi connectivity index (χ3n) is 2.77. The predicted molar refractivity (Wildman–Crippen MR) is 67.2 cm³/mol. The highest BCUT2D eigenvalue weighted by molar-refractivity contribution is 5.46. The lowest BCUT2D eigenvalue weighted by molar-refractivity contribution is 0.595. The van der Waals surface area contributed by atoms with Crippen LogP contribution in [0.4, 0.5) is 18.9 Å². The maximum absolute atomic E-state index is 13.5. The summed E-state index contributed by atoms with van der Waals surface area (Å²) in [5.41, 5.74) is 0.644. The Morgan fingerprint density at radius 1 is 1.11 bits per heavy atom. The van der Waals surface area contributed by atoms with Crippen molar-refractivity contribution in [2.45, 2.75) is 19.4 Å². The molecule has 1 atom stereocenters. The Bertz CT molecular complexity index is 555. The number of pyridine rings is 1. The van der Waals surface area contributed by atoms with Crippen LogP contribution in [0.5, 0.6) is 0 Å². The average Bonchev–Trinajstić information content (AvgIpc) is 2.41. The van der Waals surface area contributed by atoms with E-state index in [9.17, 15) is 13.2 Å². The van der Waals surface area contributed by atoms with Gasteiger partial charge in [-0.1, -0.05) is 6.92 Å². The SMILES string of the molecule is CCC(Nc1cc(F)ccc1F)c1ccc(F)cn1. The van der Waals surface area contributed by atoms with E-state index in [1.54, 1.807) is 0 Å². The van der Waals surface area contributed by atoms with Gasteiger partial charge in [-0.25, -0.2) is 13.2 Å². The van der Waals surface area contributed by atoms with E-state index < -0.39 is 17.5 Å². The zero-order valence-corrected chi connectivity index (χ0v) is 10.3. The molecule has 2 nitrogen and oxygen atoms in total. The molecule has 0 spiro atoms. The number of benzene rings is 1. The van der Waals surface area contributed by atoms with Gasteiger partial charge in [0.2, 0.25) is 0 Å². The molecule has 1 heterocycles. The molecule has 100 valence electrons. The standard InChI is InChI=1S/C14H13F3N2/c1-2-12(13-6-4-10(16)8-18-13)19-14-7-9(15)3-5-11(14)17/h3-8,12,19H,2H2,1H3. The van der Waals surface area contributed by atoms with E-state index in [2.05, 4.69) is 10.3 Å². The van der Waals surface area contributed by atoms with Crippen LogP contribution in [-0.4, -0.2) is 4.98 Å². The van der Waals surface area contributed by atoms with E-state index in [4.69, 9.17) is 0 Å². The first-order valence-electron chi connectivity index (χ1n) is 5.93. The Hall–Kier alpha value is -2.04. The van der Waals surface area contributed by atoms with Crippen LogP contribution in [0.2, 0.25) is 0 Å². The molecular weight excluding hydrogens is 253 g/mol. The first kappa shape index (κ1) is 13.4. The highest BCUT2D eigenvalue weighted by Crippen LogP contribution is 2.23. The summed E-state index contributed by atoms with van der Waals surface area (Å²) in [6, 6.07) is 5.70. The van der Waals surface area contributed by atoms with Gasteiger partial charge in [-0.3, -0.25) is 4.98 Å². The topological polar surface area (TPSA) is 24.9 Å². The van der Waals surface area contributed by atoms with Gasteiger partial charge in [-0.15, -0.1) is 0 Å². The minimum absolute atomic E-state index is 0.0676. The van der Waals surface area contributed by atoms with Crippen molar-refractivity contribution in [2.24, 2.45) is 0 Å². The van der Waals surface area contributed by atoms with Gasteiger partial charge in [0.1, 0.15) is 17.5 Å². The Morgan fingerprint density at radius 3 is 2.47 bits per heavy atom. The summed E-state index contributed by atoms with van der Waals surface area (Å²) < 4.78 is 39.4. The maximum atomic E-state index is 13.5. The molecule has 0 radical (unpaired) electrons. The van der Waals surface area contributed by atoms with Crippen molar-refractivity contribution < 1.29 is 13.2 Å². The summed E-state index contributed by atoms with van der Waals surface area (Å²) in [7, 11) is 0. The predicted octanol–water partition coefficient (Wildman–Crippen LogP) is 4.06. The zero-order valence-electron chi connectivity index (χ0n) is 10.3. The van der Waals surface area contributed by atoms with E-state index in [-0.39, 0.29) is 11.7 Å². The Kier molecular flexibility index (Phi) is 4.04. The van der Waals surface area contributed by atoms with Gasteiger partial charge in [0.05, 0.1) is 23.6 Å². The van der Waals surface area contributed by atoms with Gasteiger partial charge in [-0.2, -0.15) is 0 Å². The fourth-order valence-electron chi connectivity index (χ4n) is 1.77. The molecule has 5 heteroatoms. The summed E-state index contributed by atoms with van der Waals surface area (Å²) in [4.78, 5) is 3.94. The molecule has 0 aliphatic rings. The summed E-state index contributed by atoms with van der Waals surface area (Å²) in [5.74, 6) is -1.50. The maximum Gasteiger partial charge on any atom is 0.146 e. The lowest BCUT2D eigenvalue weighted by Gasteiger charge is -2.18. The van der Waals surface area contributed by atoms with E-state index in [0.29, 0.717) is 12.1 Å². The van der Waals surface area contributed by atoms with Gasteiger partial charge in [0.15, 0.2) is 0 Å². The molecule has 0 saturated heterocycles. The number of halogens is 3. The quantitative estimate of drug-likeness (QED) is 0.902. The number of hydrogen-bond donors (Lipinski definition) is 1. The van der Waals surface area contributed by atoms with Crippen molar-refractivity contribution in [2.75, 3.05) is 5.32 Å². The molecule has 2 aromatic rings. The van der Waals surface area contributed by atoms with Crippen LogP contribution in [0.25, 0.3) is 0 Å². The lowest BCUT2D eigenvalue weighted by Crippen LogP contribution is -2.12. The highest BCUT2D eigenvalue weighted by Gasteiger charge is 2.13. The minimum atomic E-state index is -0.540. The molecule has 0 aliphatic heterocycles. The number of aromatic nitrogens is 1. The molecule has 0 amide bonds. The largest absolute Gasteiger partial charge is 0.374 e. The second-order valence-electron chi connectivity index (χ2n) is 4.13. The second-order valence-corrected chi connectivity index (χ2v) is 4.13.